The Morgan fingerprint density at radius 3 is 2.80 bits per heavy atom. The summed E-state index contributed by atoms with van der Waals surface area (Å²) in [6.45, 7) is 10.7. The minimum Gasteiger partial charge on any atom is -0.378 e. The number of rotatable bonds is 9. The highest BCUT2D eigenvalue weighted by molar-refractivity contribution is 5.84. The summed E-state index contributed by atoms with van der Waals surface area (Å²) < 4.78 is 5.51. The normalized spacial score (nSPS) is 23.4. The van der Waals surface area contributed by atoms with Gasteiger partial charge in [0, 0.05) is 12.6 Å². The number of primary amides is 1. The molecule has 0 aromatic rings. The fraction of sp³-hybridized carbons (Fsp3) is 0.933. The van der Waals surface area contributed by atoms with Crippen molar-refractivity contribution in [2.45, 2.75) is 58.0 Å². The Balaban J connectivity index is 2.30. The average molecular weight is 285 g/mol. The molecular formula is C15H31N3O2. The number of carbonyl (C=O) groups is 1. The zero-order valence-electron chi connectivity index (χ0n) is 13.3. The first-order chi connectivity index (χ1) is 9.53. The van der Waals surface area contributed by atoms with Gasteiger partial charge in [-0.1, -0.05) is 13.8 Å². The molecule has 0 saturated carbocycles. The van der Waals surface area contributed by atoms with Crippen LogP contribution in [0.15, 0.2) is 0 Å². The molecule has 1 aliphatic rings. The number of nitrogens with one attached hydrogen (secondary N) is 1. The van der Waals surface area contributed by atoms with Gasteiger partial charge in [-0.25, -0.2) is 0 Å². The third kappa shape index (κ3) is 5.04. The largest absolute Gasteiger partial charge is 0.378 e. The molecule has 20 heavy (non-hydrogen) atoms. The van der Waals surface area contributed by atoms with E-state index in [4.69, 9.17) is 10.5 Å². The maximum atomic E-state index is 11.5. The zero-order valence-corrected chi connectivity index (χ0v) is 13.3. The number of carbonyl (C=O) groups excluding carboxylic acids is 1. The molecule has 1 heterocycles. The second kappa shape index (κ2) is 8.60. The molecule has 1 saturated heterocycles. The first kappa shape index (κ1) is 17.4. The van der Waals surface area contributed by atoms with Crippen LogP contribution < -0.4 is 11.1 Å². The summed E-state index contributed by atoms with van der Waals surface area (Å²) in [7, 11) is 0. The second-order valence-electron chi connectivity index (χ2n) is 5.86. The van der Waals surface area contributed by atoms with Crippen LogP contribution in [0.2, 0.25) is 0 Å². The fourth-order valence-corrected chi connectivity index (χ4v) is 2.84. The maximum absolute atomic E-state index is 11.5. The summed E-state index contributed by atoms with van der Waals surface area (Å²) in [5.41, 5.74) is 4.93. The standard InChI is InChI=1S/C15H31N3O2/c1-4-13-12-20-11-10-18(13)9-7-6-8-15(3,14(16)19)17-5-2/h13,17H,4-12H2,1-3H3,(H2,16,19). The molecule has 0 aliphatic carbocycles. The number of nitrogens with zero attached hydrogens (tertiary/aromatic N) is 1. The highest BCUT2D eigenvalue weighted by atomic mass is 16.5. The van der Waals surface area contributed by atoms with Crippen molar-refractivity contribution in [1.82, 2.24) is 10.2 Å². The van der Waals surface area contributed by atoms with Crippen molar-refractivity contribution >= 4 is 5.91 Å². The molecule has 2 unspecified atom stereocenters. The van der Waals surface area contributed by atoms with Gasteiger partial charge in [0.15, 0.2) is 0 Å². The van der Waals surface area contributed by atoms with E-state index in [-0.39, 0.29) is 5.91 Å². The van der Waals surface area contributed by atoms with Crippen LogP contribution in [-0.4, -0.2) is 55.2 Å². The number of hydrogen-bond acceptors (Lipinski definition) is 4. The van der Waals surface area contributed by atoms with E-state index in [0.29, 0.717) is 6.04 Å². The fourth-order valence-electron chi connectivity index (χ4n) is 2.84. The summed E-state index contributed by atoms with van der Waals surface area (Å²) in [6, 6.07) is 0.556. The first-order valence-electron chi connectivity index (χ1n) is 7.90. The lowest BCUT2D eigenvalue weighted by Gasteiger charge is -2.35. The lowest BCUT2D eigenvalue weighted by molar-refractivity contribution is -0.124. The minimum atomic E-state index is -0.566. The third-order valence-electron chi connectivity index (χ3n) is 4.30. The molecule has 5 nitrogen and oxygen atoms in total. The molecule has 0 aromatic heterocycles. The van der Waals surface area contributed by atoms with Gasteiger partial charge in [-0.15, -0.1) is 0 Å². The van der Waals surface area contributed by atoms with Crippen LogP contribution in [0, 0.1) is 0 Å². The summed E-state index contributed by atoms with van der Waals surface area (Å²) in [6.07, 6.45) is 4.05. The molecule has 0 spiro atoms. The molecule has 1 fully saturated rings. The summed E-state index contributed by atoms with van der Waals surface area (Å²) in [4.78, 5) is 14.1. The zero-order chi connectivity index (χ0) is 15.0. The highest BCUT2D eigenvalue weighted by Gasteiger charge is 2.29. The van der Waals surface area contributed by atoms with E-state index in [1.54, 1.807) is 0 Å². The van der Waals surface area contributed by atoms with Crippen molar-refractivity contribution in [3.05, 3.63) is 0 Å². The molecule has 0 bridgehead atoms. The van der Waals surface area contributed by atoms with Crippen molar-refractivity contribution in [2.75, 3.05) is 32.8 Å². The molecular weight excluding hydrogens is 254 g/mol. The maximum Gasteiger partial charge on any atom is 0.237 e. The number of nitrogens with two attached hydrogens (primary N) is 1. The molecule has 0 radical (unpaired) electrons. The predicted molar refractivity (Wildman–Crippen MR) is 81.6 cm³/mol. The van der Waals surface area contributed by atoms with Crippen molar-refractivity contribution in [2.24, 2.45) is 5.73 Å². The van der Waals surface area contributed by atoms with E-state index >= 15 is 0 Å². The number of unbranched alkanes of at least 4 members (excludes halogenated alkanes) is 1. The Morgan fingerprint density at radius 2 is 2.20 bits per heavy atom. The number of morpholine rings is 1. The topological polar surface area (TPSA) is 67.6 Å². The van der Waals surface area contributed by atoms with E-state index < -0.39 is 5.54 Å². The smallest absolute Gasteiger partial charge is 0.237 e. The van der Waals surface area contributed by atoms with Crippen molar-refractivity contribution < 1.29 is 9.53 Å². The van der Waals surface area contributed by atoms with Crippen LogP contribution in [0.25, 0.3) is 0 Å². The first-order valence-corrected chi connectivity index (χ1v) is 7.90. The van der Waals surface area contributed by atoms with Gasteiger partial charge in [0.25, 0.3) is 0 Å². The van der Waals surface area contributed by atoms with Gasteiger partial charge < -0.3 is 15.8 Å². The highest BCUT2D eigenvalue weighted by Crippen LogP contribution is 2.16. The van der Waals surface area contributed by atoms with E-state index in [0.717, 1.165) is 58.5 Å². The number of likely N-dealkylation sites (N-methyl/N-ethyl adjacent to an activating group) is 1. The van der Waals surface area contributed by atoms with Gasteiger partial charge in [-0.3, -0.25) is 9.69 Å². The van der Waals surface area contributed by atoms with Gasteiger partial charge in [-0.05, 0) is 45.7 Å². The van der Waals surface area contributed by atoms with Gasteiger partial charge in [0.05, 0.1) is 18.8 Å². The summed E-state index contributed by atoms with van der Waals surface area (Å²) in [5.74, 6) is -0.253. The molecule has 0 aromatic carbocycles. The van der Waals surface area contributed by atoms with Crippen LogP contribution in [0.4, 0.5) is 0 Å². The Bertz CT molecular complexity index is 299. The Kier molecular flexibility index (Phi) is 7.48. The van der Waals surface area contributed by atoms with E-state index in [1.165, 1.54) is 0 Å². The lowest BCUT2D eigenvalue weighted by atomic mass is 9.93. The van der Waals surface area contributed by atoms with Gasteiger partial charge >= 0.3 is 0 Å². The van der Waals surface area contributed by atoms with E-state index in [2.05, 4.69) is 17.1 Å². The van der Waals surface area contributed by atoms with Crippen LogP contribution in [-0.2, 0) is 9.53 Å². The van der Waals surface area contributed by atoms with Crippen LogP contribution in [0.3, 0.4) is 0 Å². The Hall–Kier alpha value is -0.650. The second-order valence-corrected chi connectivity index (χ2v) is 5.86. The molecule has 5 heteroatoms. The van der Waals surface area contributed by atoms with Crippen LogP contribution in [0.5, 0.6) is 0 Å². The monoisotopic (exact) mass is 285 g/mol. The van der Waals surface area contributed by atoms with E-state index in [9.17, 15) is 4.79 Å². The molecule has 3 N–H and O–H groups in total. The molecule has 1 amide bonds. The van der Waals surface area contributed by atoms with Crippen LogP contribution >= 0.6 is 0 Å². The third-order valence-corrected chi connectivity index (χ3v) is 4.30. The van der Waals surface area contributed by atoms with Gasteiger partial charge in [0.2, 0.25) is 5.91 Å². The number of hydrogen-bond donors (Lipinski definition) is 2. The van der Waals surface area contributed by atoms with Crippen molar-refractivity contribution in [3.8, 4) is 0 Å². The Morgan fingerprint density at radius 1 is 1.45 bits per heavy atom. The van der Waals surface area contributed by atoms with Crippen LogP contribution in [0.1, 0.15) is 46.5 Å². The van der Waals surface area contributed by atoms with Crippen molar-refractivity contribution in [1.29, 1.82) is 0 Å². The number of ether oxygens (including phenoxy) is 1. The van der Waals surface area contributed by atoms with Gasteiger partial charge in [-0.2, -0.15) is 0 Å². The molecule has 1 aliphatic heterocycles. The molecule has 118 valence electrons. The van der Waals surface area contributed by atoms with Crippen molar-refractivity contribution in [3.63, 3.8) is 0 Å². The predicted octanol–water partition coefficient (Wildman–Crippen LogP) is 1.12. The number of amides is 1. The van der Waals surface area contributed by atoms with Gasteiger partial charge in [0.1, 0.15) is 0 Å². The minimum absolute atomic E-state index is 0.253. The summed E-state index contributed by atoms with van der Waals surface area (Å²) >= 11 is 0. The Labute approximate surface area is 123 Å². The quantitative estimate of drug-likeness (QED) is 0.623. The SMILES string of the molecule is CCNC(C)(CCCCN1CCOCC1CC)C(N)=O. The lowest BCUT2D eigenvalue weighted by Crippen LogP contribution is -2.53. The van der Waals surface area contributed by atoms with E-state index in [1.807, 2.05) is 13.8 Å². The molecule has 1 rings (SSSR count). The average Bonchev–Trinajstić information content (AvgIpc) is 2.44. The summed E-state index contributed by atoms with van der Waals surface area (Å²) in [5, 5.41) is 3.21. The molecule has 2 atom stereocenters.